The summed E-state index contributed by atoms with van der Waals surface area (Å²) in [6, 6.07) is 85.4. The Labute approximate surface area is 415 Å². The van der Waals surface area contributed by atoms with Gasteiger partial charge in [0.2, 0.25) is 0 Å². The highest BCUT2D eigenvalue weighted by molar-refractivity contribution is 6.98. The summed E-state index contributed by atoms with van der Waals surface area (Å²) >= 11 is 0. The van der Waals surface area contributed by atoms with E-state index in [0.717, 1.165) is 145 Å². The molecule has 0 fully saturated rings. The van der Waals surface area contributed by atoms with Crippen molar-refractivity contribution in [2.45, 2.75) is 0 Å². The number of hydrogen-bond acceptors (Lipinski definition) is 5. The van der Waals surface area contributed by atoms with Crippen LogP contribution < -0.4 is 30.8 Å². The summed E-state index contributed by atoms with van der Waals surface area (Å²) in [7, 11) is 0. The fraction of sp³-hybridized carbons (Fsp3) is 0. The average Bonchev–Trinajstić information content (AvgIpc) is 4.02. The van der Waals surface area contributed by atoms with Gasteiger partial charge in [-0.25, -0.2) is 0 Å². The molecule has 4 heterocycles. The fourth-order valence-corrected chi connectivity index (χ4v) is 11.2. The van der Waals surface area contributed by atoms with Crippen molar-refractivity contribution >= 4 is 84.0 Å². The minimum atomic E-state index is -0.125. The normalized spacial score (nSPS) is 12.4. The maximum Gasteiger partial charge on any atom is 0.260 e. The van der Waals surface area contributed by atoms with Crippen LogP contribution >= 0.6 is 0 Å². The van der Waals surface area contributed by atoms with Gasteiger partial charge in [-0.2, -0.15) is 0 Å². The molecular weight excluding hydrogens is 882 g/mol. The monoisotopic (exact) mass is 921 g/mol. The highest BCUT2D eigenvalue weighted by Gasteiger charge is 2.41. The molecule has 0 aliphatic carbocycles. The van der Waals surface area contributed by atoms with E-state index in [1.165, 1.54) is 0 Å². The summed E-state index contributed by atoms with van der Waals surface area (Å²) in [6.45, 7) is -0.125. The van der Waals surface area contributed by atoms with Crippen molar-refractivity contribution in [3.05, 3.63) is 243 Å². The van der Waals surface area contributed by atoms with Crippen LogP contribution in [-0.4, -0.2) is 6.71 Å². The number of rotatable bonds is 7. The van der Waals surface area contributed by atoms with Gasteiger partial charge >= 0.3 is 0 Å². The number of benzene rings is 11. The maximum absolute atomic E-state index is 7.09. The first-order chi connectivity index (χ1) is 35.7. The zero-order chi connectivity index (χ0) is 47.3. The lowest BCUT2D eigenvalue weighted by Crippen LogP contribution is -2.57. The molecule has 0 N–H and O–H groups in total. The van der Waals surface area contributed by atoms with Crippen molar-refractivity contribution in [1.82, 2.24) is 0 Å². The van der Waals surface area contributed by atoms with Crippen molar-refractivity contribution in [2.75, 3.05) is 4.90 Å². The lowest BCUT2D eigenvalue weighted by Gasteiger charge is -2.35. The number of fused-ring (bicyclic) bond motifs is 10. The molecule has 5 nitrogen and oxygen atoms in total. The highest BCUT2D eigenvalue weighted by atomic mass is 16.5. The van der Waals surface area contributed by atoms with Gasteiger partial charge in [0.15, 0.2) is 0 Å². The van der Waals surface area contributed by atoms with Crippen LogP contribution in [0, 0.1) is 0 Å². The van der Waals surface area contributed by atoms with Crippen LogP contribution in [0.15, 0.2) is 251 Å². The van der Waals surface area contributed by atoms with E-state index in [4.69, 9.17) is 18.3 Å². The van der Waals surface area contributed by atoms with Gasteiger partial charge < -0.3 is 23.2 Å². The van der Waals surface area contributed by atoms with E-state index in [1.807, 2.05) is 36.4 Å². The molecule has 0 spiro atoms. The first-order valence-electron chi connectivity index (χ1n) is 24.4. The van der Waals surface area contributed by atoms with E-state index in [9.17, 15) is 0 Å². The molecule has 0 unspecified atom stereocenters. The predicted molar refractivity (Wildman–Crippen MR) is 295 cm³/mol. The van der Waals surface area contributed by atoms with E-state index in [2.05, 4.69) is 211 Å². The van der Waals surface area contributed by atoms with Gasteiger partial charge in [0, 0.05) is 61.6 Å². The minimum absolute atomic E-state index is 0.125. The number of para-hydroxylation sites is 6. The van der Waals surface area contributed by atoms with Gasteiger partial charge in [0.25, 0.3) is 6.71 Å². The Morgan fingerprint density at radius 2 is 0.694 bits per heavy atom. The molecule has 0 radical (unpaired) electrons. The van der Waals surface area contributed by atoms with Gasteiger partial charge in [-0.3, -0.25) is 0 Å². The summed E-state index contributed by atoms with van der Waals surface area (Å²) in [6.07, 6.45) is 0. The summed E-state index contributed by atoms with van der Waals surface area (Å²) < 4.78 is 27.0. The molecule has 6 heteroatoms. The van der Waals surface area contributed by atoms with Gasteiger partial charge in [-0.1, -0.05) is 182 Å². The van der Waals surface area contributed by atoms with E-state index in [1.54, 1.807) is 0 Å². The summed E-state index contributed by atoms with van der Waals surface area (Å²) in [5, 5.41) is 4.49. The topological polar surface area (TPSA) is 48.0 Å². The minimum Gasteiger partial charge on any atom is -0.458 e. The molecule has 0 atom stereocenters. The lowest BCUT2D eigenvalue weighted by atomic mass is 9.34. The van der Waals surface area contributed by atoms with Crippen LogP contribution in [0.25, 0.3) is 88.4 Å². The Morgan fingerprint density at radius 1 is 0.292 bits per heavy atom. The Balaban J connectivity index is 0.827. The molecule has 0 amide bonds. The smallest absolute Gasteiger partial charge is 0.260 e. The predicted octanol–water partition coefficient (Wildman–Crippen LogP) is 16.4. The third-order valence-electron chi connectivity index (χ3n) is 14.6. The molecule has 15 rings (SSSR count). The number of hydrogen-bond donors (Lipinski definition) is 0. The molecule has 72 heavy (non-hydrogen) atoms. The van der Waals surface area contributed by atoms with Crippen molar-refractivity contribution in [3.8, 4) is 67.5 Å². The van der Waals surface area contributed by atoms with Gasteiger partial charge in [-0.05, 0) is 92.8 Å². The zero-order valence-electron chi connectivity index (χ0n) is 38.8. The first-order valence-corrected chi connectivity index (χ1v) is 24.4. The molecule has 11 aromatic carbocycles. The third-order valence-corrected chi connectivity index (χ3v) is 14.6. The molecule has 0 bridgehead atoms. The van der Waals surface area contributed by atoms with Crippen LogP contribution in [-0.2, 0) is 0 Å². The zero-order valence-corrected chi connectivity index (χ0v) is 38.8. The Kier molecular flexibility index (Phi) is 8.99. The number of furan rings is 2. The molecule has 0 saturated heterocycles. The Bertz CT molecular complexity index is 4000. The van der Waals surface area contributed by atoms with Crippen molar-refractivity contribution in [1.29, 1.82) is 0 Å². The summed E-state index contributed by atoms with van der Waals surface area (Å²) in [4.78, 5) is 2.26. The SMILES string of the molecule is c1ccc(N(c2ccccc2)c2cc3c4c(c2)Oc2cc(-c5ccc(-c6cccc7c6oc6ccccc67)cc5)ccc2B4c2ccc(-c4ccc(-c5cccc6c5oc5ccccc56)cc4)cc2O3)cc1. The molecule has 2 aliphatic rings. The number of ether oxygens (including phenoxy) is 2. The van der Waals surface area contributed by atoms with Crippen molar-refractivity contribution < 1.29 is 18.3 Å². The van der Waals surface area contributed by atoms with Gasteiger partial charge in [0.1, 0.15) is 45.3 Å². The fourth-order valence-electron chi connectivity index (χ4n) is 11.2. The first kappa shape index (κ1) is 40.4. The van der Waals surface area contributed by atoms with Crippen LogP contribution in [0.5, 0.6) is 23.0 Å². The molecular formula is C66H40BNO4. The van der Waals surface area contributed by atoms with E-state index in [-0.39, 0.29) is 6.71 Å². The van der Waals surface area contributed by atoms with Crippen LogP contribution in [0.2, 0.25) is 0 Å². The average molecular weight is 922 g/mol. The van der Waals surface area contributed by atoms with E-state index in [0.29, 0.717) is 0 Å². The second-order valence-corrected chi connectivity index (χ2v) is 18.7. The molecule has 0 saturated carbocycles. The van der Waals surface area contributed by atoms with Crippen molar-refractivity contribution in [2.24, 2.45) is 0 Å². The maximum atomic E-state index is 7.09. The summed E-state index contributed by atoms with van der Waals surface area (Å²) in [5.74, 6) is 3.19. The van der Waals surface area contributed by atoms with Gasteiger partial charge in [0.05, 0.1) is 5.69 Å². The quantitative estimate of drug-likeness (QED) is 0.149. The highest BCUT2D eigenvalue weighted by Crippen LogP contribution is 2.45. The molecule has 336 valence electrons. The number of anilines is 3. The standard InChI is InChI=1S/C66H40BNO4/c1-3-13-47(14-4-1)68(48-15-5-2-6-16-48)49-39-62-64-63(40-49)70-61-38-46(42-27-31-44(32-28-42)51-20-12-22-55-53-18-8-10-24-59(53)72-66(51)55)34-36-57(61)67(64)56-35-33-45(37-60(56)69-62)41-25-29-43(30-26-41)50-19-11-21-54-52-17-7-9-23-58(52)71-65(50)54/h1-40H. The van der Waals surface area contributed by atoms with Crippen LogP contribution in [0.3, 0.4) is 0 Å². The van der Waals surface area contributed by atoms with E-state index >= 15 is 0 Å². The second-order valence-electron chi connectivity index (χ2n) is 18.7. The summed E-state index contributed by atoms with van der Waals surface area (Å²) in [5.41, 5.74) is 18.5. The second kappa shape index (κ2) is 16.0. The Morgan fingerprint density at radius 3 is 1.17 bits per heavy atom. The van der Waals surface area contributed by atoms with Crippen LogP contribution in [0.4, 0.5) is 17.1 Å². The van der Waals surface area contributed by atoms with E-state index < -0.39 is 0 Å². The molecule has 13 aromatic rings. The molecule has 2 aliphatic heterocycles. The van der Waals surface area contributed by atoms with Crippen molar-refractivity contribution in [3.63, 3.8) is 0 Å². The number of nitrogens with zero attached hydrogens (tertiary/aromatic N) is 1. The largest absolute Gasteiger partial charge is 0.458 e. The lowest BCUT2D eigenvalue weighted by molar-refractivity contribution is 0.465. The third kappa shape index (κ3) is 6.43. The van der Waals surface area contributed by atoms with Gasteiger partial charge in [-0.15, -0.1) is 0 Å². The Hall–Kier alpha value is -9.52. The van der Waals surface area contributed by atoms with Crippen LogP contribution in [0.1, 0.15) is 0 Å². The molecule has 2 aromatic heterocycles.